The molecule has 1 aliphatic heterocycles. The van der Waals surface area contributed by atoms with Gasteiger partial charge in [0, 0.05) is 30.7 Å². The number of hydrogen-bond acceptors (Lipinski definition) is 4. The predicted molar refractivity (Wildman–Crippen MR) is 119 cm³/mol. The lowest BCUT2D eigenvalue weighted by atomic mass is 10.2. The van der Waals surface area contributed by atoms with Crippen molar-refractivity contribution in [2.24, 2.45) is 12.0 Å². The van der Waals surface area contributed by atoms with Crippen LogP contribution < -0.4 is 4.80 Å². The number of thiazole rings is 1. The average Bonchev–Trinajstić information content (AvgIpc) is 2.92. The number of halogens is 1. The highest BCUT2D eigenvalue weighted by Crippen LogP contribution is 2.22. The zero-order chi connectivity index (χ0) is 21.3. The first kappa shape index (κ1) is 21.2. The van der Waals surface area contributed by atoms with Crippen LogP contribution in [0.2, 0.25) is 5.02 Å². The third-order valence-electron chi connectivity index (χ3n) is 5.27. The lowest BCUT2D eigenvalue weighted by Gasteiger charge is -2.19. The van der Waals surface area contributed by atoms with Gasteiger partial charge in [-0.15, -0.1) is 0 Å². The zero-order valence-corrected chi connectivity index (χ0v) is 18.9. The Bertz CT molecular complexity index is 1250. The first-order valence-electron chi connectivity index (χ1n) is 9.80. The van der Waals surface area contributed by atoms with Crippen LogP contribution in [0.25, 0.3) is 10.2 Å². The van der Waals surface area contributed by atoms with Crippen molar-refractivity contribution in [3.8, 4) is 0 Å². The zero-order valence-electron chi connectivity index (χ0n) is 16.5. The number of carbonyl (C=O) groups is 1. The highest BCUT2D eigenvalue weighted by Gasteiger charge is 2.25. The molecule has 0 bridgehead atoms. The van der Waals surface area contributed by atoms with E-state index in [-0.39, 0.29) is 4.90 Å². The molecule has 9 heteroatoms. The van der Waals surface area contributed by atoms with E-state index in [1.54, 1.807) is 10.4 Å². The molecule has 2 aromatic carbocycles. The van der Waals surface area contributed by atoms with Crippen LogP contribution in [0.1, 0.15) is 36.0 Å². The van der Waals surface area contributed by atoms with Gasteiger partial charge in [-0.3, -0.25) is 4.79 Å². The van der Waals surface area contributed by atoms with E-state index in [0.29, 0.717) is 28.5 Å². The maximum absolute atomic E-state index is 12.9. The van der Waals surface area contributed by atoms with Gasteiger partial charge in [-0.1, -0.05) is 35.8 Å². The van der Waals surface area contributed by atoms with Crippen molar-refractivity contribution in [3.63, 3.8) is 0 Å². The number of fused-ring (bicyclic) bond motifs is 1. The average molecular weight is 464 g/mol. The molecule has 0 N–H and O–H groups in total. The summed E-state index contributed by atoms with van der Waals surface area (Å²) >= 11 is 7.42. The van der Waals surface area contributed by atoms with Gasteiger partial charge in [0.2, 0.25) is 10.0 Å². The van der Waals surface area contributed by atoms with E-state index in [4.69, 9.17) is 11.6 Å². The highest BCUT2D eigenvalue weighted by atomic mass is 35.5. The second-order valence-corrected chi connectivity index (χ2v) is 10.7. The molecule has 1 saturated heterocycles. The summed E-state index contributed by atoms with van der Waals surface area (Å²) in [5.74, 6) is -0.415. The van der Waals surface area contributed by atoms with Crippen molar-refractivity contribution in [2.45, 2.75) is 30.6 Å². The molecule has 1 fully saturated rings. The van der Waals surface area contributed by atoms with Gasteiger partial charge in [-0.05, 0) is 55.3 Å². The van der Waals surface area contributed by atoms with E-state index < -0.39 is 15.9 Å². The van der Waals surface area contributed by atoms with Gasteiger partial charge < -0.3 is 4.57 Å². The smallest absolute Gasteiger partial charge is 0.279 e. The van der Waals surface area contributed by atoms with Crippen LogP contribution in [-0.4, -0.2) is 36.3 Å². The fourth-order valence-electron chi connectivity index (χ4n) is 3.57. The Hall–Kier alpha value is -2.00. The van der Waals surface area contributed by atoms with Crippen LogP contribution in [0.4, 0.5) is 0 Å². The number of aromatic nitrogens is 1. The van der Waals surface area contributed by atoms with Gasteiger partial charge >= 0.3 is 0 Å². The summed E-state index contributed by atoms with van der Waals surface area (Å²) in [6, 6.07) is 11.6. The lowest BCUT2D eigenvalue weighted by Crippen LogP contribution is -2.31. The number of hydrogen-bond donors (Lipinski definition) is 0. The van der Waals surface area contributed by atoms with Crippen LogP contribution in [0.3, 0.4) is 0 Å². The van der Waals surface area contributed by atoms with E-state index in [9.17, 15) is 13.2 Å². The fraction of sp³-hybridized carbons (Fsp3) is 0.333. The number of rotatable bonds is 3. The number of sulfonamides is 1. The Kier molecular flexibility index (Phi) is 6.11. The molecule has 4 rings (SSSR count). The van der Waals surface area contributed by atoms with Gasteiger partial charge in [-0.2, -0.15) is 9.30 Å². The summed E-state index contributed by atoms with van der Waals surface area (Å²) in [6.07, 6.45) is 3.88. The van der Waals surface area contributed by atoms with Crippen molar-refractivity contribution in [2.75, 3.05) is 13.1 Å². The molecule has 0 spiro atoms. The molecule has 0 unspecified atom stereocenters. The third-order valence-corrected chi connectivity index (χ3v) is 8.52. The molecule has 0 radical (unpaired) electrons. The second kappa shape index (κ2) is 8.63. The van der Waals surface area contributed by atoms with E-state index >= 15 is 0 Å². The molecule has 0 atom stereocenters. The summed E-state index contributed by atoms with van der Waals surface area (Å²) in [7, 11) is -1.70. The van der Waals surface area contributed by atoms with E-state index in [0.717, 1.165) is 35.9 Å². The largest absolute Gasteiger partial charge is 0.319 e. The topological polar surface area (TPSA) is 71.7 Å². The van der Waals surface area contributed by atoms with E-state index in [1.807, 2.05) is 23.7 Å². The molecule has 1 aromatic heterocycles. The SMILES string of the molecule is Cn1c(=NC(=O)c2ccc(S(=O)(=O)N3CCCCCC3)cc2)sc2cc(Cl)ccc21. The maximum atomic E-state index is 12.9. The molecule has 2 heterocycles. The first-order chi connectivity index (χ1) is 14.4. The number of nitrogens with zero attached hydrogens (tertiary/aromatic N) is 3. The first-order valence-corrected chi connectivity index (χ1v) is 12.4. The summed E-state index contributed by atoms with van der Waals surface area (Å²) in [5, 5.41) is 0.628. The van der Waals surface area contributed by atoms with Gasteiger partial charge in [0.05, 0.1) is 15.1 Å². The van der Waals surface area contributed by atoms with Crippen LogP contribution >= 0.6 is 22.9 Å². The molecule has 158 valence electrons. The molecule has 1 aliphatic rings. The summed E-state index contributed by atoms with van der Waals surface area (Å²) in [4.78, 5) is 17.7. The van der Waals surface area contributed by atoms with Crippen molar-refractivity contribution >= 4 is 49.1 Å². The second-order valence-electron chi connectivity index (χ2n) is 7.32. The van der Waals surface area contributed by atoms with Gasteiger partial charge in [-0.25, -0.2) is 8.42 Å². The van der Waals surface area contributed by atoms with Crippen molar-refractivity contribution in [3.05, 3.63) is 57.9 Å². The predicted octanol–water partition coefficient (Wildman–Crippen LogP) is 4.20. The van der Waals surface area contributed by atoms with Gasteiger partial charge in [0.25, 0.3) is 5.91 Å². The Labute approximate surface area is 184 Å². The molecule has 1 amide bonds. The Morgan fingerprint density at radius 3 is 2.37 bits per heavy atom. The minimum absolute atomic E-state index is 0.211. The number of benzene rings is 2. The summed E-state index contributed by atoms with van der Waals surface area (Å²) in [6.45, 7) is 1.09. The highest BCUT2D eigenvalue weighted by molar-refractivity contribution is 7.89. The molecule has 0 aliphatic carbocycles. The normalized spacial score (nSPS) is 16.7. The van der Waals surface area contributed by atoms with Gasteiger partial charge in [0.1, 0.15) is 0 Å². The van der Waals surface area contributed by atoms with Crippen LogP contribution in [0.15, 0.2) is 52.4 Å². The van der Waals surface area contributed by atoms with Crippen LogP contribution in [0, 0.1) is 0 Å². The van der Waals surface area contributed by atoms with Crippen molar-refractivity contribution in [1.82, 2.24) is 8.87 Å². The number of aryl methyl sites for hydroxylation is 1. The molecule has 6 nitrogen and oxygen atoms in total. The quantitative estimate of drug-likeness (QED) is 0.584. The van der Waals surface area contributed by atoms with Crippen molar-refractivity contribution < 1.29 is 13.2 Å². The minimum Gasteiger partial charge on any atom is -0.319 e. The summed E-state index contributed by atoms with van der Waals surface area (Å²) < 4.78 is 30.1. The van der Waals surface area contributed by atoms with Crippen LogP contribution in [0.5, 0.6) is 0 Å². The lowest BCUT2D eigenvalue weighted by molar-refractivity contribution is 0.0998. The Morgan fingerprint density at radius 1 is 1.03 bits per heavy atom. The summed E-state index contributed by atoms with van der Waals surface area (Å²) in [5.41, 5.74) is 1.29. The Morgan fingerprint density at radius 2 is 1.70 bits per heavy atom. The molecular formula is C21H22ClN3O3S2. The minimum atomic E-state index is -3.54. The standard InChI is InChI=1S/C21H22ClN3O3S2/c1-24-18-11-8-16(22)14-19(18)29-21(24)23-20(26)15-6-9-17(10-7-15)30(27,28)25-12-4-2-3-5-13-25/h6-11,14H,2-5,12-13H2,1H3. The maximum Gasteiger partial charge on any atom is 0.279 e. The number of carbonyl (C=O) groups excluding carboxylic acids is 1. The van der Waals surface area contributed by atoms with E-state index in [2.05, 4.69) is 4.99 Å². The monoisotopic (exact) mass is 463 g/mol. The van der Waals surface area contributed by atoms with Crippen molar-refractivity contribution in [1.29, 1.82) is 0 Å². The third kappa shape index (κ3) is 4.23. The van der Waals surface area contributed by atoms with E-state index in [1.165, 1.54) is 35.6 Å². The molecular weight excluding hydrogens is 442 g/mol. The fourth-order valence-corrected chi connectivity index (χ4v) is 6.38. The van der Waals surface area contributed by atoms with Gasteiger partial charge in [0.15, 0.2) is 4.80 Å². The molecule has 30 heavy (non-hydrogen) atoms. The molecule has 3 aromatic rings. The Balaban J connectivity index is 1.60. The van der Waals surface area contributed by atoms with Crippen LogP contribution in [-0.2, 0) is 17.1 Å². The number of amides is 1. The molecule has 0 saturated carbocycles.